The number of benzene rings is 1. The average Bonchev–Trinajstić information content (AvgIpc) is 2.21. The Kier molecular flexibility index (Phi) is 5.54. The van der Waals surface area contributed by atoms with E-state index in [9.17, 15) is 0 Å². The molecule has 16 heavy (non-hydrogen) atoms. The van der Waals surface area contributed by atoms with Crippen LogP contribution < -0.4 is 0 Å². The summed E-state index contributed by atoms with van der Waals surface area (Å²) in [6.07, 6.45) is 3.81. The van der Waals surface area contributed by atoms with Gasteiger partial charge in [0, 0.05) is 5.33 Å². The topological polar surface area (TPSA) is 0 Å². The third-order valence-electron chi connectivity index (χ3n) is 3.25. The van der Waals surface area contributed by atoms with Crippen molar-refractivity contribution < 1.29 is 0 Å². The minimum Gasteiger partial charge on any atom is -0.0925 e. The molecule has 0 radical (unpaired) electrons. The molecule has 0 nitrogen and oxygen atoms in total. The van der Waals surface area contributed by atoms with E-state index in [1.165, 1.54) is 36.0 Å². The summed E-state index contributed by atoms with van der Waals surface area (Å²) in [7, 11) is 0. The Morgan fingerprint density at radius 3 is 2.12 bits per heavy atom. The van der Waals surface area contributed by atoms with Crippen molar-refractivity contribution in [1.82, 2.24) is 0 Å². The molecule has 0 aliphatic carbocycles. The smallest absolute Gasteiger partial charge is 0.00628 e. The Morgan fingerprint density at radius 2 is 1.69 bits per heavy atom. The highest BCUT2D eigenvalue weighted by atomic mass is 79.9. The zero-order valence-electron chi connectivity index (χ0n) is 10.9. The van der Waals surface area contributed by atoms with E-state index in [0.717, 1.165) is 11.2 Å². The van der Waals surface area contributed by atoms with E-state index < -0.39 is 0 Å². The minimum absolute atomic E-state index is 0.783. The number of halogens is 1. The van der Waals surface area contributed by atoms with Gasteiger partial charge in [0.2, 0.25) is 0 Å². The van der Waals surface area contributed by atoms with Crippen molar-refractivity contribution in [3.63, 3.8) is 0 Å². The van der Waals surface area contributed by atoms with Gasteiger partial charge in [0.05, 0.1) is 0 Å². The van der Waals surface area contributed by atoms with Gasteiger partial charge in [-0.25, -0.2) is 0 Å². The summed E-state index contributed by atoms with van der Waals surface area (Å²) >= 11 is 3.64. The van der Waals surface area contributed by atoms with Crippen LogP contribution in [0.5, 0.6) is 0 Å². The highest BCUT2D eigenvalue weighted by Gasteiger charge is 2.11. The zero-order chi connectivity index (χ0) is 12.1. The number of alkyl halides is 1. The first-order valence-corrected chi connectivity index (χ1v) is 7.33. The molecule has 0 aliphatic heterocycles. The standard InChI is InChI=1S/C15H23Br/c1-5-6-14(10-16)9-15-12(3)7-11(2)8-13(15)4/h7-8,14H,5-6,9-10H2,1-4H3. The van der Waals surface area contributed by atoms with Gasteiger partial charge in [0.1, 0.15) is 0 Å². The van der Waals surface area contributed by atoms with Gasteiger partial charge < -0.3 is 0 Å². The lowest BCUT2D eigenvalue weighted by Gasteiger charge is -2.17. The van der Waals surface area contributed by atoms with Crippen LogP contribution in [0.4, 0.5) is 0 Å². The molecule has 0 bridgehead atoms. The van der Waals surface area contributed by atoms with E-state index in [2.05, 4.69) is 55.8 Å². The molecule has 90 valence electrons. The van der Waals surface area contributed by atoms with E-state index in [4.69, 9.17) is 0 Å². The van der Waals surface area contributed by atoms with Crippen LogP contribution in [0.15, 0.2) is 12.1 Å². The molecule has 0 fully saturated rings. The van der Waals surface area contributed by atoms with E-state index in [1.807, 2.05) is 0 Å². The van der Waals surface area contributed by atoms with E-state index in [0.29, 0.717) is 0 Å². The van der Waals surface area contributed by atoms with Gasteiger partial charge in [0.25, 0.3) is 0 Å². The number of rotatable bonds is 5. The predicted molar refractivity (Wildman–Crippen MR) is 76.5 cm³/mol. The molecule has 1 aromatic carbocycles. The quantitative estimate of drug-likeness (QED) is 0.670. The van der Waals surface area contributed by atoms with Gasteiger partial charge >= 0.3 is 0 Å². The van der Waals surface area contributed by atoms with Crippen LogP contribution in [0, 0.1) is 26.7 Å². The fourth-order valence-corrected chi connectivity index (χ4v) is 3.02. The van der Waals surface area contributed by atoms with Crippen LogP contribution in [0.3, 0.4) is 0 Å². The van der Waals surface area contributed by atoms with Crippen molar-refractivity contribution in [1.29, 1.82) is 0 Å². The summed E-state index contributed by atoms with van der Waals surface area (Å²) in [5.74, 6) is 0.783. The molecule has 0 spiro atoms. The highest BCUT2D eigenvalue weighted by Crippen LogP contribution is 2.23. The summed E-state index contributed by atoms with van der Waals surface area (Å²) in [4.78, 5) is 0. The zero-order valence-corrected chi connectivity index (χ0v) is 12.5. The number of hydrogen-bond donors (Lipinski definition) is 0. The average molecular weight is 283 g/mol. The summed E-state index contributed by atoms with van der Waals surface area (Å²) < 4.78 is 0. The maximum Gasteiger partial charge on any atom is 0.00628 e. The van der Waals surface area contributed by atoms with Crippen LogP contribution in [0.1, 0.15) is 42.0 Å². The Hall–Kier alpha value is -0.300. The minimum atomic E-state index is 0.783. The van der Waals surface area contributed by atoms with Crippen LogP contribution in [-0.2, 0) is 6.42 Å². The first-order chi connectivity index (χ1) is 7.58. The molecule has 1 rings (SSSR count). The van der Waals surface area contributed by atoms with Gasteiger partial charge in [-0.05, 0) is 56.2 Å². The normalized spacial score (nSPS) is 12.8. The highest BCUT2D eigenvalue weighted by molar-refractivity contribution is 9.09. The molecule has 1 atom stereocenters. The third-order valence-corrected chi connectivity index (χ3v) is 4.16. The molecule has 0 saturated carbocycles. The van der Waals surface area contributed by atoms with Crippen molar-refractivity contribution in [2.45, 2.75) is 47.0 Å². The van der Waals surface area contributed by atoms with Crippen LogP contribution in [0.2, 0.25) is 0 Å². The fraction of sp³-hybridized carbons (Fsp3) is 0.600. The maximum absolute atomic E-state index is 3.64. The molecule has 0 aromatic heterocycles. The lowest BCUT2D eigenvalue weighted by molar-refractivity contribution is 0.532. The molecular weight excluding hydrogens is 260 g/mol. The molecule has 1 heteroatoms. The molecule has 0 amide bonds. The molecule has 0 N–H and O–H groups in total. The fourth-order valence-electron chi connectivity index (χ4n) is 2.46. The van der Waals surface area contributed by atoms with Crippen molar-refractivity contribution in [3.8, 4) is 0 Å². The molecule has 1 aromatic rings. The second-order valence-electron chi connectivity index (χ2n) is 4.89. The SMILES string of the molecule is CCCC(CBr)Cc1c(C)cc(C)cc1C. The summed E-state index contributed by atoms with van der Waals surface area (Å²) in [5.41, 5.74) is 5.85. The summed E-state index contributed by atoms with van der Waals surface area (Å²) in [5, 5.41) is 1.12. The largest absolute Gasteiger partial charge is 0.0925 e. The number of aryl methyl sites for hydroxylation is 3. The van der Waals surface area contributed by atoms with E-state index >= 15 is 0 Å². The van der Waals surface area contributed by atoms with Crippen LogP contribution >= 0.6 is 15.9 Å². The molecule has 1 unspecified atom stereocenters. The Balaban J connectivity index is 2.87. The Labute approximate surface area is 109 Å². The van der Waals surface area contributed by atoms with Gasteiger partial charge in [-0.2, -0.15) is 0 Å². The predicted octanol–water partition coefficient (Wildman–Crippen LogP) is 4.97. The third kappa shape index (κ3) is 3.62. The van der Waals surface area contributed by atoms with Crippen LogP contribution in [0.25, 0.3) is 0 Å². The Morgan fingerprint density at radius 1 is 1.12 bits per heavy atom. The first kappa shape index (κ1) is 13.8. The number of hydrogen-bond acceptors (Lipinski definition) is 0. The van der Waals surface area contributed by atoms with Crippen molar-refractivity contribution >= 4 is 15.9 Å². The molecule has 0 heterocycles. The second-order valence-corrected chi connectivity index (χ2v) is 5.54. The molecule has 0 saturated heterocycles. The van der Waals surface area contributed by atoms with E-state index in [1.54, 1.807) is 5.56 Å². The van der Waals surface area contributed by atoms with Crippen LogP contribution in [-0.4, -0.2) is 5.33 Å². The molecular formula is C15H23Br. The second kappa shape index (κ2) is 6.44. The molecule has 0 aliphatic rings. The first-order valence-electron chi connectivity index (χ1n) is 6.21. The Bertz CT molecular complexity index is 318. The van der Waals surface area contributed by atoms with E-state index in [-0.39, 0.29) is 0 Å². The van der Waals surface area contributed by atoms with Gasteiger partial charge in [-0.1, -0.05) is 47.0 Å². The summed E-state index contributed by atoms with van der Waals surface area (Å²) in [6, 6.07) is 4.61. The van der Waals surface area contributed by atoms with Gasteiger partial charge in [0.15, 0.2) is 0 Å². The lowest BCUT2D eigenvalue weighted by atomic mass is 9.90. The van der Waals surface area contributed by atoms with Gasteiger partial charge in [-0.3, -0.25) is 0 Å². The van der Waals surface area contributed by atoms with Crippen molar-refractivity contribution in [2.75, 3.05) is 5.33 Å². The lowest BCUT2D eigenvalue weighted by Crippen LogP contribution is -2.08. The summed E-state index contributed by atoms with van der Waals surface area (Å²) in [6.45, 7) is 8.93. The van der Waals surface area contributed by atoms with Gasteiger partial charge in [-0.15, -0.1) is 0 Å². The van der Waals surface area contributed by atoms with Crippen molar-refractivity contribution in [2.24, 2.45) is 5.92 Å². The monoisotopic (exact) mass is 282 g/mol. The maximum atomic E-state index is 3.64. The van der Waals surface area contributed by atoms with Crippen molar-refractivity contribution in [3.05, 3.63) is 34.4 Å².